The maximum atomic E-state index is 10.3. The largest absolute Gasteiger partial charge is 0.481 e. The van der Waals surface area contributed by atoms with Crippen molar-refractivity contribution >= 4 is 5.97 Å². The molecule has 0 aliphatic heterocycles. The van der Waals surface area contributed by atoms with Gasteiger partial charge in [0.2, 0.25) is 0 Å². The smallest absolute Gasteiger partial charge is 0.303 e. The second-order valence-electron chi connectivity index (χ2n) is 5.32. The standard InChI is InChI=1S/C12H25NO3/c1-11(2,12(3,4)16)13-9-7-5-6-8-10(14)15/h13,16H,5-9H2,1-4H3,(H,14,15). The SMILES string of the molecule is CC(C)(O)C(C)(C)NCCCCCC(=O)O. The minimum absolute atomic E-state index is 0.245. The third-order valence-corrected chi connectivity index (χ3v) is 3.16. The lowest BCUT2D eigenvalue weighted by Gasteiger charge is -2.38. The van der Waals surface area contributed by atoms with Crippen molar-refractivity contribution < 1.29 is 15.0 Å². The molecular formula is C12H25NO3. The molecule has 0 unspecified atom stereocenters. The van der Waals surface area contributed by atoms with Crippen molar-refractivity contribution in [1.29, 1.82) is 0 Å². The van der Waals surface area contributed by atoms with E-state index < -0.39 is 11.6 Å². The van der Waals surface area contributed by atoms with Gasteiger partial charge in [-0.25, -0.2) is 0 Å². The zero-order valence-electron chi connectivity index (χ0n) is 10.8. The summed E-state index contributed by atoms with van der Waals surface area (Å²) in [5.41, 5.74) is -1.10. The molecule has 0 atom stereocenters. The summed E-state index contributed by atoms with van der Waals surface area (Å²) < 4.78 is 0. The lowest BCUT2D eigenvalue weighted by Crippen LogP contribution is -2.56. The van der Waals surface area contributed by atoms with Crippen molar-refractivity contribution in [3.63, 3.8) is 0 Å². The highest BCUT2D eigenvalue weighted by molar-refractivity contribution is 5.66. The minimum Gasteiger partial charge on any atom is -0.481 e. The Kier molecular flexibility index (Phi) is 5.97. The maximum absolute atomic E-state index is 10.3. The first-order valence-corrected chi connectivity index (χ1v) is 5.86. The summed E-state index contributed by atoms with van der Waals surface area (Å²) >= 11 is 0. The quantitative estimate of drug-likeness (QED) is 0.557. The first kappa shape index (κ1) is 15.4. The van der Waals surface area contributed by atoms with Gasteiger partial charge < -0.3 is 15.5 Å². The lowest BCUT2D eigenvalue weighted by atomic mass is 9.86. The highest BCUT2D eigenvalue weighted by atomic mass is 16.4. The van der Waals surface area contributed by atoms with Crippen molar-refractivity contribution in [3.05, 3.63) is 0 Å². The first-order chi connectivity index (χ1) is 7.17. The van der Waals surface area contributed by atoms with Gasteiger partial charge in [-0.15, -0.1) is 0 Å². The van der Waals surface area contributed by atoms with Gasteiger partial charge >= 0.3 is 5.97 Å². The molecule has 0 aromatic carbocycles. The van der Waals surface area contributed by atoms with Crippen molar-refractivity contribution in [2.45, 2.75) is 64.5 Å². The van der Waals surface area contributed by atoms with Gasteiger partial charge in [0.25, 0.3) is 0 Å². The van der Waals surface area contributed by atoms with Crippen LogP contribution in [0, 0.1) is 0 Å². The number of carbonyl (C=O) groups is 1. The summed E-state index contributed by atoms with van der Waals surface area (Å²) in [6.07, 6.45) is 2.81. The molecule has 0 saturated carbocycles. The fraction of sp³-hybridized carbons (Fsp3) is 0.917. The average molecular weight is 231 g/mol. The fourth-order valence-electron chi connectivity index (χ4n) is 1.20. The van der Waals surface area contributed by atoms with Gasteiger partial charge in [0.1, 0.15) is 0 Å². The number of hydrogen-bond acceptors (Lipinski definition) is 3. The number of aliphatic hydroxyl groups is 1. The van der Waals surface area contributed by atoms with Gasteiger partial charge in [-0.1, -0.05) is 6.42 Å². The van der Waals surface area contributed by atoms with Crippen LogP contribution in [0.5, 0.6) is 0 Å². The number of hydrogen-bond donors (Lipinski definition) is 3. The summed E-state index contributed by atoms with van der Waals surface area (Å²) in [7, 11) is 0. The molecule has 4 heteroatoms. The number of unbranched alkanes of at least 4 members (excludes halogenated alkanes) is 2. The van der Waals surface area contributed by atoms with E-state index in [1.807, 2.05) is 13.8 Å². The molecule has 3 N–H and O–H groups in total. The highest BCUT2D eigenvalue weighted by Gasteiger charge is 2.33. The van der Waals surface area contributed by atoms with E-state index in [9.17, 15) is 9.90 Å². The second-order valence-corrected chi connectivity index (χ2v) is 5.32. The molecule has 96 valence electrons. The number of nitrogens with one attached hydrogen (secondary N) is 1. The summed E-state index contributed by atoms with van der Waals surface area (Å²) in [6.45, 7) is 8.29. The van der Waals surface area contributed by atoms with Crippen molar-refractivity contribution in [3.8, 4) is 0 Å². The topological polar surface area (TPSA) is 69.6 Å². The van der Waals surface area contributed by atoms with E-state index >= 15 is 0 Å². The van der Waals surface area contributed by atoms with E-state index in [0.29, 0.717) is 0 Å². The number of aliphatic carboxylic acids is 1. The molecule has 0 fully saturated rings. The van der Waals surface area contributed by atoms with Crippen LogP contribution in [0.1, 0.15) is 53.4 Å². The predicted octanol–water partition coefficient (Wildman–Crippen LogP) is 1.77. The molecule has 0 aromatic rings. The lowest BCUT2D eigenvalue weighted by molar-refractivity contribution is -0.137. The molecule has 0 aromatic heterocycles. The van der Waals surface area contributed by atoms with Gasteiger partial charge in [-0.3, -0.25) is 4.79 Å². The Morgan fingerprint density at radius 2 is 1.69 bits per heavy atom. The van der Waals surface area contributed by atoms with E-state index in [4.69, 9.17) is 5.11 Å². The molecule has 0 radical (unpaired) electrons. The number of rotatable bonds is 8. The van der Waals surface area contributed by atoms with E-state index in [1.54, 1.807) is 13.8 Å². The van der Waals surface area contributed by atoms with Gasteiger partial charge in [-0.2, -0.15) is 0 Å². The molecule has 0 bridgehead atoms. The minimum atomic E-state index is -0.770. The van der Waals surface area contributed by atoms with E-state index in [0.717, 1.165) is 25.8 Å². The maximum Gasteiger partial charge on any atom is 0.303 e. The average Bonchev–Trinajstić information content (AvgIpc) is 2.08. The van der Waals surface area contributed by atoms with E-state index in [1.165, 1.54) is 0 Å². The van der Waals surface area contributed by atoms with Gasteiger partial charge in [0.15, 0.2) is 0 Å². The van der Waals surface area contributed by atoms with Crippen LogP contribution >= 0.6 is 0 Å². The van der Waals surface area contributed by atoms with Crippen molar-refractivity contribution in [2.75, 3.05) is 6.54 Å². The summed E-state index contributed by atoms with van der Waals surface area (Å²) in [5.74, 6) is -0.732. The Morgan fingerprint density at radius 3 is 2.12 bits per heavy atom. The van der Waals surface area contributed by atoms with E-state index in [2.05, 4.69) is 5.32 Å². The zero-order chi connectivity index (χ0) is 12.8. The van der Waals surface area contributed by atoms with Crippen LogP contribution in [0.4, 0.5) is 0 Å². The third kappa shape index (κ3) is 6.08. The molecular weight excluding hydrogens is 206 g/mol. The predicted molar refractivity (Wildman–Crippen MR) is 64.5 cm³/mol. The van der Waals surface area contributed by atoms with Crippen molar-refractivity contribution in [1.82, 2.24) is 5.32 Å². The molecule has 0 heterocycles. The van der Waals surface area contributed by atoms with Crippen LogP contribution in [-0.2, 0) is 4.79 Å². The second kappa shape index (κ2) is 6.21. The summed E-state index contributed by atoms with van der Waals surface area (Å²) in [4.78, 5) is 10.3. The Hall–Kier alpha value is -0.610. The summed E-state index contributed by atoms with van der Waals surface area (Å²) in [5, 5.41) is 21.6. The Balaban J connectivity index is 3.63. The molecule has 4 nitrogen and oxygen atoms in total. The first-order valence-electron chi connectivity index (χ1n) is 5.86. The molecule has 0 saturated heterocycles. The molecule has 0 aliphatic rings. The van der Waals surface area contributed by atoms with E-state index in [-0.39, 0.29) is 12.0 Å². The number of carboxylic acids is 1. The number of carboxylic acid groups (broad SMARTS) is 1. The molecule has 0 rings (SSSR count). The van der Waals surface area contributed by atoms with Crippen LogP contribution in [0.2, 0.25) is 0 Å². The third-order valence-electron chi connectivity index (χ3n) is 3.16. The van der Waals surface area contributed by atoms with Crippen LogP contribution in [-0.4, -0.2) is 33.9 Å². The van der Waals surface area contributed by atoms with Crippen LogP contribution < -0.4 is 5.32 Å². The summed E-state index contributed by atoms with van der Waals surface area (Å²) in [6, 6.07) is 0. The van der Waals surface area contributed by atoms with Gasteiger partial charge in [0.05, 0.1) is 5.60 Å². The molecule has 0 amide bonds. The highest BCUT2D eigenvalue weighted by Crippen LogP contribution is 2.20. The van der Waals surface area contributed by atoms with Crippen LogP contribution in [0.3, 0.4) is 0 Å². The Morgan fingerprint density at radius 1 is 1.12 bits per heavy atom. The van der Waals surface area contributed by atoms with Gasteiger partial charge in [0, 0.05) is 12.0 Å². The van der Waals surface area contributed by atoms with Crippen LogP contribution in [0.25, 0.3) is 0 Å². The van der Waals surface area contributed by atoms with Gasteiger partial charge in [-0.05, 0) is 47.1 Å². The van der Waals surface area contributed by atoms with Crippen molar-refractivity contribution in [2.24, 2.45) is 0 Å². The normalized spacial score (nSPS) is 12.8. The van der Waals surface area contributed by atoms with Crippen LogP contribution in [0.15, 0.2) is 0 Å². The Labute approximate surface area is 98.1 Å². The molecule has 0 aliphatic carbocycles. The molecule has 0 spiro atoms. The molecule has 16 heavy (non-hydrogen) atoms. The monoisotopic (exact) mass is 231 g/mol. The Bertz CT molecular complexity index is 219. The fourth-order valence-corrected chi connectivity index (χ4v) is 1.20. The zero-order valence-corrected chi connectivity index (χ0v) is 10.8.